The Morgan fingerprint density at radius 3 is 2.77 bits per heavy atom. The van der Waals surface area contributed by atoms with Crippen molar-refractivity contribution in [3.8, 4) is 5.75 Å². The first-order chi connectivity index (χ1) is 10.7. The molecular weight excluding hydrogens is 278 g/mol. The van der Waals surface area contributed by atoms with Gasteiger partial charge in [0.25, 0.3) is 0 Å². The average Bonchev–Trinajstić information content (AvgIpc) is 2.52. The Morgan fingerprint density at radius 2 is 2.09 bits per heavy atom. The molecule has 1 saturated heterocycles. The number of hydrogen-bond donors (Lipinski definition) is 1. The summed E-state index contributed by atoms with van der Waals surface area (Å²) >= 11 is 0. The van der Waals surface area contributed by atoms with Crippen LogP contribution in [0.3, 0.4) is 0 Å². The number of carboxylic acid groups (broad SMARTS) is 1. The minimum atomic E-state index is -0.763. The Hall–Kier alpha value is -1.55. The van der Waals surface area contributed by atoms with Crippen molar-refractivity contribution in [2.75, 3.05) is 13.1 Å². The largest absolute Gasteiger partial charge is 0.490 e. The lowest BCUT2D eigenvalue weighted by molar-refractivity contribution is -0.137. The Kier molecular flexibility index (Phi) is 6.72. The second-order valence-electron chi connectivity index (χ2n) is 6.06. The quantitative estimate of drug-likeness (QED) is 0.795. The van der Waals surface area contributed by atoms with E-state index in [9.17, 15) is 4.79 Å². The van der Waals surface area contributed by atoms with E-state index >= 15 is 0 Å². The Labute approximate surface area is 133 Å². The lowest BCUT2D eigenvalue weighted by Crippen LogP contribution is -2.29. The summed E-state index contributed by atoms with van der Waals surface area (Å²) in [6.45, 7) is 5.37. The second kappa shape index (κ2) is 8.79. The van der Waals surface area contributed by atoms with Gasteiger partial charge in [0.1, 0.15) is 5.75 Å². The Morgan fingerprint density at radius 1 is 1.32 bits per heavy atom. The van der Waals surface area contributed by atoms with Crippen LogP contribution in [0.15, 0.2) is 24.3 Å². The molecule has 22 heavy (non-hydrogen) atoms. The number of likely N-dealkylation sites (tertiary alicyclic amines) is 1. The van der Waals surface area contributed by atoms with Crippen LogP contribution >= 0.6 is 0 Å². The van der Waals surface area contributed by atoms with Crippen LogP contribution in [0.25, 0.3) is 0 Å². The number of benzene rings is 1. The molecule has 1 aromatic carbocycles. The lowest BCUT2D eigenvalue weighted by atomic mass is 10.1. The first-order valence-electron chi connectivity index (χ1n) is 8.37. The fraction of sp³-hybridized carbons (Fsp3) is 0.611. The van der Waals surface area contributed by atoms with Gasteiger partial charge in [-0.25, -0.2) is 0 Å². The molecule has 2 rings (SSSR count). The van der Waals surface area contributed by atoms with Gasteiger partial charge in [0.15, 0.2) is 0 Å². The standard InChI is InChI=1S/C18H27NO3/c1-2-16(9-10-18(20)21)22-17-8-6-7-15(13-17)14-19-11-4-3-5-12-19/h6-8,13,16H,2-5,9-12,14H2,1H3,(H,20,21). The number of nitrogens with zero attached hydrogens (tertiary/aromatic N) is 1. The summed E-state index contributed by atoms with van der Waals surface area (Å²) in [4.78, 5) is 13.2. The molecule has 1 heterocycles. The Bertz CT molecular complexity index is 469. The predicted molar refractivity (Wildman–Crippen MR) is 87.1 cm³/mol. The number of carboxylic acids is 1. The summed E-state index contributed by atoms with van der Waals surface area (Å²) in [6.07, 6.45) is 5.45. The molecule has 0 radical (unpaired) electrons. The van der Waals surface area contributed by atoms with Crippen molar-refractivity contribution in [2.24, 2.45) is 0 Å². The highest BCUT2D eigenvalue weighted by Gasteiger charge is 2.13. The number of rotatable bonds is 8. The summed E-state index contributed by atoms with van der Waals surface area (Å²) in [6, 6.07) is 8.22. The van der Waals surface area contributed by atoms with Gasteiger partial charge in [-0.2, -0.15) is 0 Å². The van der Waals surface area contributed by atoms with Gasteiger partial charge >= 0.3 is 5.97 Å². The molecule has 4 nitrogen and oxygen atoms in total. The first-order valence-corrected chi connectivity index (χ1v) is 8.37. The molecule has 1 unspecified atom stereocenters. The van der Waals surface area contributed by atoms with Crippen molar-refractivity contribution < 1.29 is 14.6 Å². The molecule has 1 aliphatic heterocycles. The zero-order valence-corrected chi connectivity index (χ0v) is 13.5. The van der Waals surface area contributed by atoms with Crippen LogP contribution in [0.4, 0.5) is 0 Å². The predicted octanol–water partition coefficient (Wildman–Crippen LogP) is 3.69. The van der Waals surface area contributed by atoms with Gasteiger partial charge in [0, 0.05) is 13.0 Å². The van der Waals surface area contributed by atoms with E-state index < -0.39 is 5.97 Å². The maximum atomic E-state index is 10.7. The molecule has 0 amide bonds. The van der Waals surface area contributed by atoms with Crippen LogP contribution in [0.1, 0.15) is 51.0 Å². The molecule has 0 aliphatic carbocycles. The number of hydrogen-bond acceptors (Lipinski definition) is 3. The molecule has 1 atom stereocenters. The van der Waals surface area contributed by atoms with E-state index in [1.54, 1.807) is 0 Å². The van der Waals surface area contributed by atoms with Crippen LogP contribution in [-0.4, -0.2) is 35.2 Å². The van der Waals surface area contributed by atoms with Crippen molar-refractivity contribution in [3.05, 3.63) is 29.8 Å². The minimum Gasteiger partial charge on any atom is -0.490 e. The van der Waals surface area contributed by atoms with E-state index in [4.69, 9.17) is 9.84 Å². The van der Waals surface area contributed by atoms with E-state index in [2.05, 4.69) is 17.0 Å². The summed E-state index contributed by atoms with van der Waals surface area (Å²) < 4.78 is 5.96. The van der Waals surface area contributed by atoms with Gasteiger partial charge in [-0.3, -0.25) is 9.69 Å². The van der Waals surface area contributed by atoms with Gasteiger partial charge in [0.2, 0.25) is 0 Å². The van der Waals surface area contributed by atoms with Gasteiger partial charge < -0.3 is 9.84 Å². The smallest absolute Gasteiger partial charge is 0.303 e. The van der Waals surface area contributed by atoms with Crippen molar-refractivity contribution in [2.45, 2.75) is 58.1 Å². The molecule has 0 bridgehead atoms. The lowest BCUT2D eigenvalue weighted by Gasteiger charge is -2.26. The van der Waals surface area contributed by atoms with Crippen LogP contribution in [0, 0.1) is 0 Å². The summed E-state index contributed by atoms with van der Waals surface area (Å²) in [7, 11) is 0. The summed E-state index contributed by atoms with van der Waals surface area (Å²) in [5.74, 6) is 0.0904. The second-order valence-corrected chi connectivity index (χ2v) is 6.06. The fourth-order valence-corrected chi connectivity index (χ4v) is 2.92. The zero-order chi connectivity index (χ0) is 15.8. The molecule has 4 heteroatoms. The molecule has 1 N–H and O–H groups in total. The number of aliphatic carboxylic acids is 1. The van der Waals surface area contributed by atoms with Crippen molar-refractivity contribution >= 4 is 5.97 Å². The van der Waals surface area contributed by atoms with Gasteiger partial charge in [0.05, 0.1) is 6.10 Å². The third-order valence-electron chi connectivity index (χ3n) is 4.19. The highest BCUT2D eigenvalue weighted by molar-refractivity contribution is 5.66. The maximum absolute atomic E-state index is 10.7. The highest BCUT2D eigenvalue weighted by Crippen LogP contribution is 2.20. The fourth-order valence-electron chi connectivity index (χ4n) is 2.92. The Balaban J connectivity index is 1.90. The third-order valence-corrected chi connectivity index (χ3v) is 4.19. The number of carbonyl (C=O) groups is 1. The average molecular weight is 305 g/mol. The molecular formula is C18H27NO3. The maximum Gasteiger partial charge on any atom is 0.303 e. The van der Waals surface area contributed by atoms with Crippen LogP contribution in [0.5, 0.6) is 5.75 Å². The monoisotopic (exact) mass is 305 g/mol. The SMILES string of the molecule is CCC(CCC(=O)O)Oc1cccc(CN2CCCCC2)c1. The molecule has 1 aromatic rings. The molecule has 122 valence electrons. The van der Waals surface area contributed by atoms with Crippen molar-refractivity contribution in [1.29, 1.82) is 0 Å². The zero-order valence-electron chi connectivity index (χ0n) is 13.5. The molecule has 0 aromatic heterocycles. The summed E-state index contributed by atoms with van der Waals surface area (Å²) in [5.41, 5.74) is 1.27. The molecule has 0 spiro atoms. The molecule has 0 saturated carbocycles. The van der Waals surface area contributed by atoms with Gasteiger partial charge in [-0.05, 0) is 56.5 Å². The van der Waals surface area contributed by atoms with Crippen LogP contribution < -0.4 is 4.74 Å². The third kappa shape index (κ3) is 5.68. The topological polar surface area (TPSA) is 49.8 Å². The highest BCUT2D eigenvalue weighted by atomic mass is 16.5. The first kappa shape index (κ1) is 16.8. The van der Waals surface area contributed by atoms with Crippen molar-refractivity contribution in [1.82, 2.24) is 4.90 Å². The molecule has 1 aliphatic rings. The number of piperidine rings is 1. The van der Waals surface area contributed by atoms with Crippen LogP contribution in [-0.2, 0) is 11.3 Å². The van der Waals surface area contributed by atoms with Crippen molar-refractivity contribution in [3.63, 3.8) is 0 Å². The van der Waals surface area contributed by atoms with E-state index in [-0.39, 0.29) is 12.5 Å². The molecule has 1 fully saturated rings. The summed E-state index contributed by atoms with van der Waals surface area (Å²) in [5, 5.41) is 8.79. The van der Waals surface area contributed by atoms with Gasteiger partial charge in [-0.15, -0.1) is 0 Å². The van der Waals surface area contributed by atoms with Gasteiger partial charge in [-0.1, -0.05) is 25.5 Å². The van der Waals surface area contributed by atoms with E-state index in [0.717, 1.165) is 18.7 Å². The van der Waals surface area contributed by atoms with E-state index in [1.165, 1.54) is 37.9 Å². The van der Waals surface area contributed by atoms with E-state index in [1.807, 2.05) is 19.1 Å². The normalized spacial score (nSPS) is 17.1. The number of ether oxygens (including phenoxy) is 1. The van der Waals surface area contributed by atoms with Crippen LogP contribution in [0.2, 0.25) is 0 Å². The minimum absolute atomic E-state index is 0.0265. The van der Waals surface area contributed by atoms with E-state index in [0.29, 0.717) is 6.42 Å².